The van der Waals surface area contributed by atoms with Gasteiger partial charge in [0.25, 0.3) is 11.6 Å². The van der Waals surface area contributed by atoms with Crippen LogP contribution < -0.4 is 0 Å². The highest BCUT2D eigenvalue weighted by Crippen LogP contribution is 2.53. The summed E-state index contributed by atoms with van der Waals surface area (Å²) in [5.74, 6) is -3.59. The van der Waals surface area contributed by atoms with Crippen molar-refractivity contribution in [3.8, 4) is 0 Å². The summed E-state index contributed by atoms with van der Waals surface area (Å²) in [6.07, 6.45) is 10.1. The lowest BCUT2D eigenvalue weighted by Crippen LogP contribution is -2.54. The second-order valence-electron chi connectivity index (χ2n) is 7.37. The summed E-state index contributed by atoms with van der Waals surface area (Å²) in [7, 11) is 0. The highest BCUT2D eigenvalue weighted by atomic mass is 17.3. The molecule has 2 aliphatic heterocycles. The zero-order valence-corrected chi connectivity index (χ0v) is 13.5. The van der Waals surface area contributed by atoms with E-state index in [0.29, 0.717) is 0 Å². The molecular formula is C16H26O6. The molecule has 2 aliphatic carbocycles. The summed E-state index contributed by atoms with van der Waals surface area (Å²) < 4.78 is 12.4. The summed E-state index contributed by atoms with van der Waals surface area (Å²) in [6.45, 7) is 3.61. The predicted octanol–water partition coefficient (Wildman–Crippen LogP) is 3.70. The van der Waals surface area contributed by atoms with Crippen molar-refractivity contribution in [3.05, 3.63) is 0 Å². The van der Waals surface area contributed by atoms with E-state index >= 15 is 0 Å². The molecule has 0 bridgehead atoms. The fraction of sp³-hybridized carbons (Fsp3) is 1.00. The van der Waals surface area contributed by atoms with Gasteiger partial charge in [0.1, 0.15) is 0 Å². The molecule has 0 radical (unpaired) electrons. The zero-order valence-electron chi connectivity index (χ0n) is 13.5. The minimum atomic E-state index is -1.13. The number of hydrogen-bond donors (Lipinski definition) is 0. The van der Waals surface area contributed by atoms with Gasteiger partial charge in [-0.05, 0) is 39.5 Å². The third kappa shape index (κ3) is 2.32. The first-order valence-corrected chi connectivity index (χ1v) is 8.63. The van der Waals surface area contributed by atoms with Crippen molar-refractivity contribution in [3.63, 3.8) is 0 Å². The van der Waals surface area contributed by atoms with Gasteiger partial charge in [-0.2, -0.15) is 19.6 Å². The molecule has 0 aromatic heterocycles. The summed E-state index contributed by atoms with van der Waals surface area (Å²) >= 11 is 0. The topological polar surface area (TPSA) is 55.4 Å². The van der Waals surface area contributed by atoms with E-state index in [-0.39, 0.29) is 0 Å². The number of ether oxygens (including phenoxy) is 2. The molecule has 4 rings (SSSR count). The van der Waals surface area contributed by atoms with Crippen LogP contribution in [0, 0.1) is 0 Å². The lowest BCUT2D eigenvalue weighted by Gasteiger charge is -2.37. The molecule has 2 heterocycles. The lowest BCUT2D eigenvalue weighted by atomic mass is 9.93. The standard InChI is InChI=1S/C16H26O6/c1-13(17-15(21-19-13)9-5-3-6-10-15)14(2)18-16(22-20-14)11-7-4-8-12-16/h3-12H2,1-2H3. The normalized spacial score (nSPS) is 43.9. The minimum Gasteiger partial charge on any atom is -0.308 e. The third-order valence-electron chi connectivity index (χ3n) is 5.52. The van der Waals surface area contributed by atoms with Crippen molar-refractivity contribution >= 4 is 0 Å². The average molecular weight is 314 g/mol. The maximum Gasteiger partial charge on any atom is 0.258 e. The molecule has 4 aliphatic rings. The molecule has 2 atom stereocenters. The first kappa shape index (κ1) is 15.3. The van der Waals surface area contributed by atoms with Gasteiger partial charge in [-0.3, -0.25) is 0 Å². The molecule has 0 aromatic rings. The molecule has 2 unspecified atom stereocenters. The maximum atomic E-state index is 6.22. The third-order valence-corrected chi connectivity index (χ3v) is 5.52. The highest BCUT2D eigenvalue weighted by molar-refractivity contribution is 4.92. The van der Waals surface area contributed by atoms with E-state index in [1.807, 2.05) is 13.8 Å². The van der Waals surface area contributed by atoms with Gasteiger partial charge in [-0.25, -0.2) is 0 Å². The molecule has 0 aromatic carbocycles. The Morgan fingerprint density at radius 3 is 1.23 bits per heavy atom. The fourth-order valence-electron chi connectivity index (χ4n) is 3.98. The predicted molar refractivity (Wildman–Crippen MR) is 75.0 cm³/mol. The van der Waals surface area contributed by atoms with Crippen molar-refractivity contribution in [2.45, 2.75) is 101 Å². The van der Waals surface area contributed by atoms with E-state index in [2.05, 4.69) is 0 Å². The van der Waals surface area contributed by atoms with Crippen molar-refractivity contribution in [2.75, 3.05) is 0 Å². The van der Waals surface area contributed by atoms with Crippen LogP contribution >= 0.6 is 0 Å². The molecule has 0 amide bonds. The molecular weight excluding hydrogens is 288 g/mol. The average Bonchev–Trinajstić information content (AvgIpc) is 3.02. The van der Waals surface area contributed by atoms with Gasteiger partial charge in [0.15, 0.2) is 0 Å². The Balaban J connectivity index is 1.51. The summed E-state index contributed by atoms with van der Waals surface area (Å²) in [5, 5.41) is 0. The van der Waals surface area contributed by atoms with E-state index in [1.54, 1.807) is 0 Å². The Hall–Kier alpha value is -0.240. The maximum absolute atomic E-state index is 6.22. The Morgan fingerprint density at radius 2 is 0.864 bits per heavy atom. The van der Waals surface area contributed by atoms with Gasteiger partial charge in [-0.1, -0.05) is 12.8 Å². The first-order chi connectivity index (χ1) is 10.5. The quantitative estimate of drug-likeness (QED) is 0.688. The van der Waals surface area contributed by atoms with Gasteiger partial charge >= 0.3 is 0 Å². The van der Waals surface area contributed by atoms with Crippen molar-refractivity contribution < 1.29 is 29.0 Å². The molecule has 22 heavy (non-hydrogen) atoms. The Labute approximate surface area is 131 Å². The lowest BCUT2D eigenvalue weighted by molar-refractivity contribution is -0.437. The van der Waals surface area contributed by atoms with Gasteiger partial charge in [0.05, 0.1) is 0 Å². The van der Waals surface area contributed by atoms with Crippen molar-refractivity contribution in [1.29, 1.82) is 0 Å². The minimum absolute atomic E-state index is 0.662. The smallest absolute Gasteiger partial charge is 0.258 e. The monoisotopic (exact) mass is 314 g/mol. The molecule has 126 valence electrons. The SMILES string of the molecule is CC1(C2(C)OOC3(CCCCC3)O2)OOC2(CCCCC2)O1. The van der Waals surface area contributed by atoms with E-state index in [4.69, 9.17) is 29.0 Å². The Kier molecular flexibility index (Phi) is 3.57. The molecule has 6 heteroatoms. The van der Waals surface area contributed by atoms with Crippen LogP contribution in [0.5, 0.6) is 0 Å². The second-order valence-corrected chi connectivity index (χ2v) is 7.37. The van der Waals surface area contributed by atoms with E-state index < -0.39 is 23.1 Å². The largest absolute Gasteiger partial charge is 0.308 e. The fourth-order valence-corrected chi connectivity index (χ4v) is 3.98. The summed E-state index contributed by atoms with van der Waals surface area (Å²) in [6, 6.07) is 0. The van der Waals surface area contributed by atoms with Crippen LogP contribution in [0.3, 0.4) is 0 Å². The van der Waals surface area contributed by atoms with E-state index in [0.717, 1.165) is 51.4 Å². The van der Waals surface area contributed by atoms with Crippen LogP contribution in [0.25, 0.3) is 0 Å². The van der Waals surface area contributed by atoms with E-state index in [1.165, 1.54) is 12.8 Å². The van der Waals surface area contributed by atoms with Gasteiger partial charge < -0.3 is 9.47 Å². The number of hydrogen-bond acceptors (Lipinski definition) is 6. The molecule has 2 saturated heterocycles. The second kappa shape index (κ2) is 5.13. The van der Waals surface area contributed by atoms with Gasteiger partial charge in [0.2, 0.25) is 11.6 Å². The number of rotatable bonds is 1. The van der Waals surface area contributed by atoms with Crippen molar-refractivity contribution in [2.24, 2.45) is 0 Å². The van der Waals surface area contributed by atoms with Crippen LogP contribution in [0.4, 0.5) is 0 Å². The Bertz CT molecular complexity index is 388. The van der Waals surface area contributed by atoms with Crippen LogP contribution in [-0.4, -0.2) is 23.1 Å². The van der Waals surface area contributed by atoms with Crippen molar-refractivity contribution in [1.82, 2.24) is 0 Å². The van der Waals surface area contributed by atoms with Crippen LogP contribution in [0.1, 0.15) is 78.1 Å². The molecule has 0 N–H and O–H groups in total. The summed E-state index contributed by atoms with van der Waals surface area (Å²) in [4.78, 5) is 22.4. The van der Waals surface area contributed by atoms with Crippen LogP contribution in [0.15, 0.2) is 0 Å². The van der Waals surface area contributed by atoms with Crippen LogP contribution in [0.2, 0.25) is 0 Å². The molecule has 6 nitrogen and oxygen atoms in total. The first-order valence-electron chi connectivity index (χ1n) is 8.63. The van der Waals surface area contributed by atoms with Gasteiger partial charge in [-0.15, -0.1) is 0 Å². The van der Waals surface area contributed by atoms with Gasteiger partial charge in [0, 0.05) is 25.7 Å². The summed E-state index contributed by atoms with van der Waals surface area (Å²) in [5.41, 5.74) is 0. The van der Waals surface area contributed by atoms with Crippen LogP contribution in [-0.2, 0) is 29.0 Å². The zero-order chi connectivity index (χ0) is 15.3. The highest BCUT2D eigenvalue weighted by Gasteiger charge is 2.67. The Morgan fingerprint density at radius 1 is 0.500 bits per heavy atom. The van der Waals surface area contributed by atoms with E-state index in [9.17, 15) is 0 Å². The molecule has 4 fully saturated rings. The molecule has 2 spiro atoms. The molecule has 2 saturated carbocycles.